The van der Waals surface area contributed by atoms with Crippen molar-refractivity contribution >= 4 is 5.97 Å². The molecule has 13 heavy (non-hydrogen) atoms. The van der Waals surface area contributed by atoms with Gasteiger partial charge in [-0.15, -0.1) is 0 Å². The van der Waals surface area contributed by atoms with Crippen LogP contribution in [-0.4, -0.2) is 29.6 Å². The third-order valence-electron chi connectivity index (χ3n) is 1.92. The van der Waals surface area contributed by atoms with Crippen molar-refractivity contribution in [3.05, 3.63) is 17.7 Å². The predicted molar refractivity (Wildman–Crippen MR) is 47.1 cm³/mol. The molecule has 0 fully saturated rings. The van der Waals surface area contributed by atoms with Gasteiger partial charge in [0, 0.05) is 12.2 Å². The number of hydrogen-bond donors (Lipinski definition) is 2. The van der Waals surface area contributed by atoms with E-state index >= 15 is 0 Å². The molecular weight excluding hydrogens is 170 g/mol. The minimum atomic E-state index is -0.462. The van der Waals surface area contributed by atoms with E-state index in [0.29, 0.717) is 5.69 Å². The minimum Gasteiger partial charge on any atom is -0.468 e. The van der Waals surface area contributed by atoms with E-state index in [1.165, 1.54) is 13.4 Å². The van der Waals surface area contributed by atoms with Crippen molar-refractivity contribution < 1.29 is 9.53 Å². The van der Waals surface area contributed by atoms with Crippen molar-refractivity contribution in [2.75, 3.05) is 13.7 Å². The van der Waals surface area contributed by atoms with E-state index in [9.17, 15) is 4.79 Å². The van der Waals surface area contributed by atoms with Gasteiger partial charge < -0.3 is 15.5 Å². The number of hydrogen-bond acceptors (Lipinski definition) is 4. The van der Waals surface area contributed by atoms with Gasteiger partial charge >= 0.3 is 5.97 Å². The van der Waals surface area contributed by atoms with Gasteiger partial charge in [0.1, 0.15) is 5.92 Å². The highest BCUT2D eigenvalue weighted by Gasteiger charge is 2.23. The summed E-state index contributed by atoms with van der Waals surface area (Å²) in [6, 6.07) is 0. The number of aromatic nitrogens is 2. The molecule has 0 aromatic carbocycles. The van der Waals surface area contributed by atoms with Crippen LogP contribution in [0.3, 0.4) is 0 Å². The Morgan fingerprint density at radius 2 is 2.54 bits per heavy atom. The summed E-state index contributed by atoms with van der Waals surface area (Å²) in [5.74, 6) is -0.811. The largest absolute Gasteiger partial charge is 0.468 e. The fourth-order valence-electron chi connectivity index (χ4n) is 1.18. The minimum absolute atomic E-state index is 0.207. The molecule has 3 N–H and O–H groups in total. The maximum atomic E-state index is 11.2. The highest BCUT2D eigenvalue weighted by Crippen LogP contribution is 2.16. The first-order valence-corrected chi connectivity index (χ1v) is 3.98. The van der Waals surface area contributed by atoms with Crippen molar-refractivity contribution in [1.29, 1.82) is 0 Å². The average molecular weight is 183 g/mol. The predicted octanol–water partition coefficient (Wildman–Crippen LogP) is -0.0666. The van der Waals surface area contributed by atoms with E-state index in [1.54, 1.807) is 0 Å². The maximum absolute atomic E-state index is 11.2. The van der Waals surface area contributed by atoms with Crippen molar-refractivity contribution in [2.24, 2.45) is 5.73 Å². The second-order valence-corrected chi connectivity index (χ2v) is 2.72. The number of methoxy groups -OCH3 is 1. The molecule has 1 aromatic rings. The van der Waals surface area contributed by atoms with Crippen LogP contribution in [0.5, 0.6) is 0 Å². The smallest absolute Gasteiger partial charge is 0.316 e. The number of esters is 1. The van der Waals surface area contributed by atoms with Crippen molar-refractivity contribution in [2.45, 2.75) is 12.8 Å². The molecule has 0 bridgehead atoms. The van der Waals surface area contributed by atoms with Gasteiger partial charge in [-0.2, -0.15) is 0 Å². The first kappa shape index (κ1) is 9.73. The molecule has 5 nitrogen and oxygen atoms in total. The lowest BCUT2D eigenvalue weighted by atomic mass is 10.1. The zero-order valence-corrected chi connectivity index (χ0v) is 7.70. The quantitative estimate of drug-likeness (QED) is 0.643. The van der Waals surface area contributed by atoms with E-state index in [1.807, 2.05) is 6.92 Å². The zero-order chi connectivity index (χ0) is 9.84. The Bertz CT molecular complexity index is 295. The first-order chi connectivity index (χ1) is 6.20. The molecule has 72 valence electrons. The molecular formula is C8H13N3O2. The van der Waals surface area contributed by atoms with Crippen LogP contribution in [-0.2, 0) is 9.53 Å². The summed E-state index contributed by atoms with van der Waals surface area (Å²) in [5.41, 5.74) is 6.96. The lowest BCUT2D eigenvalue weighted by molar-refractivity contribution is -0.142. The summed E-state index contributed by atoms with van der Waals surface area (Å²) in [6.07, 6.45) is 1.54. The second kappa shape index (κ2) is 4.04. The molecule has 0 radical (unpaired) electrons. The third-order valence-corrected chi connectivity index (χ3v) is 1.92. The van der Waals surface area contributed by atoms with Crippen LogP contribution < -0.4 is 5.73 Å². The molecule has 0 amide bonds. The van der Waals surface area contributed by atoms with Crippen molar-refractivity contribution in [3.8, 4) is 0 Å². The Morgan fingerprint density at radius 1 is 1.85 bits per heavy atom. The highest BCUT2D eigenvalue weighted by atomic mass is 16.5. The number of carbonyl (C=O) groups excluding carboxylic acids is 1. The summed E-state index contributed by atoms with van der Waals surface area (Å²) in [4.78, 5) is 18.1. The number of nitrogens with one attached hydrogen (secondary N) is 1. The summed E-state index contributed by atoms with van der Waals surface area (Å²) < 4.78 is 4.61. The molecule has 5 heteroatoms. The number of ether oxygens (including phenoxy) is 1. The van der Waals surface area contributed by atoms with E-state index < -0.39 is 5.92 Å². The normalized spacial score (nSPS) is 12.5. The molecule has 1 heterocycles. The molecule has 0 saturated heterocycles. The van der Waals surface area contributed by atoms with E-state index in [2.05, 4.69) is 14.7 Å². The van der Waals surface area contributed by atoms with Gasteiger partial charge in [-0.05, 0) is 6.92 Å². The van der Waals surface area contributed by atoms with Crippen LogP contribution in [0.15, 0.2) is 6.33 Å². The fraction of sp³-hybridized carbons (Fsp3) is 0.500. The van der Waals surface area contributed by atoms with Crippen molar-refractivity contribution in [3.63, 3.8) is 0 Å². The van der Waals surface area contributed by atoms with Gasteiger partial charge in [0.2, 0.25) is 0 Å². The van der Waals surface area contributed by atoms with Crippen LogP contribution in [0.4, 0.5) is 0 Å². The molecule has 1 aromatic heterocycles. The topological polar surface area (TPSA) is 81.0 Å². The molecule has 0 aliphatic carbocycles. The Hall–Kier alpha value is -1.36. The number of imidazole rings is 1. The Kier molecular flexibility index (Phi) is 3.02. The summed E-state index contributed by atoms with van der Waals surface area (Å²) >= 11 is 0. The Morgan fingerprint density at radius 3 is 2.92 bits per heavy atom. The van der Waals surface area contributed by atoms with E-state index in [0.717, 1.165) is 5.69 Å². The number of nitrogens with two attached hydrogens (primary N) is 1. The fourth-order valence-corrected chi connectivity index (χ4v) is 1.18. The number of H-pyrrole nitrogens is 1. The summed E-state index contributed by atoms with van der Waals surface area (Å²) in [6.45, 7) is 2.05. The lowest BCUT2D eigenvalue weighted by Crippen LogP contribution is -2.23. The number of rotatable bonds is 3. The van der Waals surface area contributed by atoms with Gasteiger partial charge in [-0.1, -0.05) is 0 Å². The van der Waals surface area contributed by atoms with E-state index in [4.69, 9.17) is 5.73 Å². The van der Waals surface area contributed by atoms with E-state index in [-0.39, 0.29) is 12.5 Å². The summed E-state index contributed by atoms with van der Waals surface area (Å²) in [5, 5.41) is 0. The SMILES string of the molecule is COC(=O)C(CN)c1nc[nH]c1C. The first-order valence-electron chi connectivity index (χ1n) is 3.98. The third kappa shape index (κ3) is 1.86. The maximum Gasteiger partial charge on any atom is 0.316 e. The van der Waals surface area contributed by atoms with Crippen molar-refractivity contribution in [1.82, 2.24) is 9.97 Å². The second-order valence-electron chi connectivity index (χ2n) is 2.72. The van der Waals surface area contributed by atoms with Gasteiger partial charge in [-0.3, -0.25) is 4.79 Å². The standard InChI is InChI=1S/C8H13N3O2/c1-5-7(11-4-10-5)6(3-9)8(12)13-2/h4,6H,3,9H2,1-2H3,(H,10,11). The molecule has 0 aliphatic rings. The molecule has 0 spiro atoms. The van der Waals surface area contributed by atoms with Gasteiger partial charge in [0.25, 0.3) is 0 Å². The van der Waals surface area contributed by atoms with Crippen LogP contribution in [0.2, 0.25) is 0 Å². The van der Waals surface area contributed by atoms with Crippen LogP contribution in [0.25, 0.3) is 0 Å². The monoisotopic (exact) mass is 183 g/mol. The summed E-state index contributed by atoms with van der Waals surface area (Å²) in [7, 11) is 1.34. The highest BCUT2D eigenvalue weighted by molar-refractivity contribution is 5.78. The van der Waals surface area contributed by atoms with Gasteiger partial charge in [0.15, 0.2) is 0 Å². The molecule has 0 saturated carbocycles. The van der Waals surface area contributed by atoms with Crippen LogP contribution >= 0.6 is 0 Å². The van der Waals surface area contributed by atoms with Gasteiger partial charge in [-0.25, -0.2) is 4.98 Å². The molecule has 1 unspecified atom stereocenters. The average Bonchev–Trinajstić information content (AvgIpc) is 2.53. The Balaban J connectivity index is 2.90. The number of carbonyl (C=O) groups is 1. The molecule has 1 atom stereocenters. The Labute approximate surface area is 76.3 Å². The number of nitrogens with zero attached hydrogens (tertiary/aromatic N) is 1. The zero-order valence-electron chi connectivity index (χ0n) is 7.70. The van der Waals surface area contributed by atoms with Crippen LogP contribution in [0, 0.1) is 6.92 Å². The number of aromatic amines is 1. The molecule has 1 rings (SSSR count). The molecule has 0 aliphatic heterocycles. The lowest BCUT2D eigenvalue weighted by Gasteiger charge is -2.10. The number of aryl methyl sites for hydroxylation is 1. The van der Waals surface area contributed by atoms with Crippen LogP contribution in [0.1, 0.15) is 17.3 Å². The van der Waals surface area contributed by atoms with Gasteiger partial charge in [0.05, 0.1) is 19.1 Å².